The van der Waals surface area contributed by atoms with Crippen LogP contribution in [0.2, 0.25) is 5.02 Å². The summed E-state index contributed by atoms with van der Waals surface area (Å²) in [5, 5.41) is 8.28. The smallest absolute Gasteiger partial charge is 0.223 e. The van der Waals surface area contributed by atoms with Crippen molar-refractivity contribution in [2.75, 3.05) is 7.05 Å². The van der Waals surface area contributed by atoms with Gasteiger partial charge in [-0.3, -0.25) is 4.79 Å². The fourth-order valence-electron chi connectivity index (χ4n) is 2.84. The van der Waals surface area contributed by atoms with Crippen LogP contribution in [0.25, 0.3) is 0 Å². The van der Waals surface area contributed by atoms with Gasteiger partial charge in [0.15, 0.2) is 0 Å². The standard InChI is InChI=1S/C20H20ClN3O2/c1-14-19(23-26-22-14)13-24(2)20(25)12-18(15-6-4-3-5-7-15)16-8-10-17(21)11-9-16/h3-11,18H,12-13H2,1-2H3/t18-/m0/s1. The highest BCUT2D eigenvalue weighted by atomic mass is 35.5. The highest BCUT2D eigenvalue weighted by Gasteiger charge is 2.21. The van der Waals surface area contributed by atoms with Gasteiger partial charge in [0, 0.05) is 24.4 Å². The lowest BCUT2D eigenvalue weighted by Crippen LogP contribution is -2.28. The third-order valence-electron chi connectivity index (χ3n) is 4.41. The van der Waals surface area contributed by atoms with Gasteiger partial charge in [-0.15, -0.1) is 0 Å². The summed E-state index contributed by atoms with van der Waals surface area (Å²) < 4.78 is 4.71. The molecule has 1 heterocycles. The SMILES string of the molecule is Cc1nonc1CN(C)C(=O)C[C@@H](c1ccccc1)c1ccc(Cl)cc1. The minimum Gasteiger partial charge on any atom is -0.340 e. The normalized spacial score (nSPS) is 12.0. The molecule has 0 bridgehead atoms. The Balaban J connectivity index is 1.80. The first-order valence-electron chi connectivity index (χ1n) is 8.37. The molecule has 1 amide bonds. The summed E-state index contributed by atoms with van der Waals surface area (Å²) in [5.74, 6) is -0.0175. The van der Waals surface area contributed by atoms with Gasteiger partial charge in [0.1, 0.15) is 11.4 Å². The summed E-state index contributed by atoms with van der Waals surface area (Å²) in [4.78, 5) is 14.5. The van der Waals surface area contributed by atoms with Crippen LogP contribution in [0.4, 0.5) is 0 Å². The second kappa shape index (κ2) is 8.15. The summed E-state index contributed by atoms with van der Waals surface area (Å²) in [6.07, 6.45) is 0.354. The molecule has 0 N–H and O–H groups in total. The molecular formula is C20H20ClN3O2. The van der Waals surface area contributed by atoms with E-state index in [9.17, 15) is 4.79 Å². The topological polar surface area (TPSA) is 59.2 Å². The molecule has 3 aromatic rings. The summed E-state index contributed by atoms with van der Waals surface area (Å²) in [7, 11) is 1.76. The Kier molecular flexibility index (Phi) is 5.68. The van der Waals surface area contributed by atoms with Crippen molar-refractivity contribution in [3.05, 3.63) is 82.1 Å². The van der Waals surface area contributed by atoms with Crippen molar-refractivity contribution in [3.63, 3.8) is 0 Å². The van der Waals surface area contributed by atoms with E-state index in [0.717, 1.165) is 11.1 Å². The molecular weight excluding hydrogens is 350 g/mol. The number of hydrogen-bond acceptors (Lipinski definition) is 4. The van der Waals surface area contributed by atoms with E-state index in [-0.39, 0.29) is 11.8 Å². The highest BCUT2D eigenvalue weighted by molar-refractivity contribution is 6.30. The number of carbonyl (C=O) groups excluding carboxylic acids is 1. The molecule has 0 aliphatic heterocycles. The van der Waals surface area contributed by atoms with Crippen molar-refractivity contribution in [2.45, 2.75) is 25.8 Å². The summed E-state index contributed by atoms with van der Waals surface area (Å²) in [6, 6.07) is 17.7. The third-order valence-corrected chi connectivity index (χ3v) is 4.66. The molecule has 0 saturated heterocycles. The summed E-state index contributed by atoms with van der Waals surface area (Å²) in [6.45, 7) is 2.18. The zero-order chi connectivity index (χ0) is 18.5. The van der Waals surface area contributed by atoms with Crippen molar-refractivity contribution in [1.29, 1.82) is 0 Å². The molecule has 0 radical (unpaired) electrons. The lowest BCUT2D eigenvalue weighted by Gasteiger charge is -2.22. The number of benzene rings is 2. The van der Waals surface area contributed by atoms with E-state index in [1.165, 1.54) is 0 Å². The minimum atomic E-state index is -0.0417. The number of halogens is 1. The monoisotopic (exact) mass is 369 g/mol. The third kappa shape index (κ3) is 4.29. The fourth-order valence-corrected chi connectivity index (χ4v) is 2.97. The molecule has 134 valence electrons. The van der Waals surface area contributed by atoms with Crippen LogP contribution in [0.15, 0.2) is 59.2 Å². The lowest BCUT2D eigenvalue weighted by atomic mass is 9.88. The Morgan fingerprint density at radius 2 is 1.73 bits per heavy atom. The Hall–Kier alpha value is -2.66. The number of rotatable bonds is 6. The second-order valence-electron chi connectivity index (χ2n) is 6.27. The summed E-state index contributed by atoms with van der Waals surface area (Å²) >= 11 is 6.02. The van der Waals surface area contributed by atoms with E-state index < -0.39 is 0 Å². The molecule has 0 aliphatic rings. The van der Waals surface area contributed by atoms with E-state index in [0.29, 0.717) is 29.4 Å². The van der Waals surface area contributed by atoms with Crippen LogP contribution in [0.1, 0.15) is 34.9 Å². The van der Waals surface area contributed by atoms with Crippen molar-refractivity contribution in [1.82, 2.24) is 15.2 Å². The Morgan fingerprint density at radius 3 is 2.35 bits per heavy atom. The van der Waals surface area contributed by atoms with Gasteiger partial charge >= 0.3 is 0 Å². The number of nitrogens with zero attached hydrogens (tertiary/aromatic N) is 3. The number of aryl methyl sites for hydroxylation is 1. The van der Waals surface area contributed by atoms with Crippen LogP contribution in [-0.4, -0.2) is 28.2 Å². The second-order valence-corrected chi connectivity index (χ2v) is 6.70. The van der Waals surface area contributed by atoms with E-state index in [2.05, 4.69) is 10.3 Å². The molecule has 6 heteroatoms. The Labute approximate surface area is 157 Å². The maximum Gasteiger partial charge on any atom is 0.223 e. The van der Waals surface area contributed by atoms with Gasteiger partial charge in [-0.05, 0) is 30.2 Å². The molecule has 0 spiro atoms. The van der Waals surface area contributed by atoms with Crippen LogP contribution >= 0.6 is 11.6 Å². The largest absolute Gasteiger partial charge is 0.340 e. The zero-order valence-corrected chi connectivity index (χ0v) is 15.5. The molecule has 3 rings (SSSR count). The molecule has 2 aromatic carbocycles. The summed E-state index contributed by atoms with van der Waals surface area (Å²) in [5.41, 5.74) is 3.52. The number of hydrogen-bond donors (Lipinski definition) is 0. The number of aromatic nitrogens is 2. The van der Waals surface area contributed by atoms with Crippen LogP contribution < -0.4 is 0 Å². The fraction of sp³-hybridized carbons (Fsp3) is 0.250. The molecule has 0 aliphatic carbocycles. The van der Waals surface area contributed by atoms with E-state index in [1.54, 1.807) is 11.9 Å². The average molecular weight is 370 g/mol. The van der Waals surface area contributed by atoms with Crippen LogP contribution in [0, 0.1) is 6.92 Å². The zero-order valence-electron chi connectivity index (χ0n) is 14.7. The first-order chi connectivity index (χ1) is 12.5. The van der Waals surface area contributed by atoms with Crippen molar-refractivity contribution < 1.29 is 9.42 Å². The first-order valence-corrected chi connectivity index (χ1v) is 8.75. The van der Waals surface area contributed by atoms with Crippen molar-refractivity contribution in [2.24, 2.45) is 0 Å². The van der Waals surface area contributed by atoms with Crippen LogP contribution in [-0.2, 0) is 11.3 Å². The first kappa shape index (κ1) is 18.1. The van der Waals surface area contributed by atoms with Crippen LogP contribution in [0.3, 0.4) is 0 Å². The Morgan fingerprint density at radius 1 is 1.08 bits per heavy atom. The van der Waals surface area contributed by atoms with Gasteiger partial charge in [-0.25, -0.2) is 4.63 Å². The minimum absolute atomic E-state index is 0.0243. The molecule has 0 fully saturated rings. The maximum atomic E-state index is 12.8. The van der Waals surface area contributed by atoms with Crippen LogP contribution in [0.5, 0.6) is 0 Å². The highest BCUT2D eigenvalue weighted by Crippen LogP contribution is 2.29. The van der Waals surface area contributed by atoms with Gasteiger partial charge < -0.3 is 4.90 Å². The Bertz CT molecular complexity index is 862. The molecule has 1 atom stereocenters. The predicted molar refractivity (Wildman–Crippen MR) is 99.9 cm³/mol. The van der Waals surface area contributed by atoms with E-state index in [1.807, 2.05) is 61.5 Å². The van der Waals surface area contributed by atoms with Gasteiger partial charge in [-0.1, -0.05) is 64.4 Å². The predicted octanol–water partition coefficient (Wildman–Crippen LogP) is 4.21. The van der Waals surface area contributed by atoms with Crippen molar-refractivity contribution in [3.8, 4) is 0 Å². The molecule has 0 saturated carbocycles. The maximum absolute atomic E-state index is 12.8. The number of amides is 1. The average Bonchev–Trinajstić information content (AvgIpc) is 3.05. The van der Waals surface area contributed by atoms with Gasteiger partial charge in [0.2, 0.25) is 5.91 Å². The van der Waals surface area contributed by atoms with E-state index in [4.69, 9.17) is 16.2 Å². The van der Waals surface area contributed by atoms with Crippen molar-refractivity contribution >= 4 is 17.5 Å². The molecule has 0 unspecified atom stereocenters. The van der Waals surface area contributed by atoms with E-state index >= 15 is 0 Å². The quantitative estimate of drug-likeness (QED) is 0.653. The molecule has 1 aromatic heterocycles. The lowest BCUT2D eigenvalue weighted by molar-refractivity contribution is -0.130. The number of carbonyl (C=O) groups is 1. The molecule has 5 nitrogen and oxygen atoms in total. The van der Waals surface area contributed by atoms with Gasteiger partial charge in [-0.2, -0.15) is 0 Å². The van der Waals surface area contributed by atoms with Gasteiger partial charge in [0.25, 0.3) is 0 Å². The molecule has 26 heavy (non-hydrogen) atoms. The van der Waals surface area contributed by atoms with Gasteiger partial charge in [0.05, 0.1) is 6.54 Å².